The molecule has 7 nitrogen and oxygen atoms in total. The van der Waals surface area contributed by atoms with Crippen molar-refractivity contribution in [1.29, 1.82) is 0 Å². The number of amides is 2. The number of carbonyl (C=O) groups is 2. The van der Waals surface area contributed by atoms with Gasteiger partial charge >= 0.3 is 0 Å². The van der Waals surface area contributed by atoms with E-state index in [1.807, 2.05) is 54.6 Å². The molecule has 1 aromatic heterocycles. The molecule has 0 unspecified atom stereocenters. The Labute approximate surface area is 197 Å². The van der Waals surface area contributed by atoms with Gasteiger partial charge in [0.25, 0.3) is 5.91 Å². The molecule has 34 heavy (non-hydrogen) atoms. The fourth-order valence-electron chi connectivity index (χ4n) is 4.44. The molecular formula is C27H26N4O3. The Hall–Kier alpha value is -4.13. The maximum absolute atomic E-state index is 12.6. The van der Waals surface area contributed by atoms with Crippen LogP contribution in [0.1, 0.15) is 40.4 Å². The maximum atomic E-state index is 12.6. The summed E-state index contributed by atoms with van der Waals surface area (Å²) in [6, 6.07) is 23.1. The van der Waals surface area contributed by atoms with E-state index in [9.17, 15) is 9.59 Å². The molecule has 0 bridgehead atoms. The number of aromatic amines is 1. The van der Waals surface area contributed by atoms with Gasteiger partial charge in [0.15, 0.2) is 5.82 Å². The summed E-state index contributed by atoms with van der Waals surface area (Å²) in [4.78, 5) is 25.1. The Balaban J connectivity index is 1.14. The molecule has 3 aromatic carbocycles. The number of nitrogens with one attached hydrogen (secondary N) is 3. The zero-order valence-corrected chi connectivity index (χ0v) is 18.9. The van der Waals surface area contributed by atoms with Crippen molar-refractivity contribution in [2.75, 3.05) is 12.4 Å². The van der Waals surface area contributed by atoms with Crippen LogP contribution in [-0.2, 0) is 11.2 Å². The van der Waals surface area contributed by atoms with Crippen LogP contribution in [0.4, 0.5) is 5.82 Å². The minimum atomic E-state index is -0.105. The van der Waals surface area contributed by atoms with Crippen LogP contribution in [0.15, 0.2) is 72.8 Å². The Morgan fingerprint density at radius 2 is 1.82 bits per heavy atom. The fraction of sp³-hybridized carbons (Fsp3) is 0.222. The summed E-state index contributed by atoms with van der Waals surface area (Å²) in [5.74, 6) is 1.24. The highest BCUT2D eigenvalue weighted by Crippen LogP contribution is 2.36. The van der Waals surface area contributed by atoms with Crippen LogP contribution in [0.2, 0.25) is 0 Å². The molecule has 1 heterocycles. The number of ether oxygens (including phenoxy) is 1. The maximum Gasteiger partial charge on any atom is 0.251 e. The number of anilines is 1. The van der Waals surface area contributed by atoms with Crippen LogP contribution in [0.3, 0.4) is 0 Å². The molecular weight excluding hydrogens is 428 g/mol. The SMILES string of the molecule is COc1cccc(C(=O)N[C@H]2C[C@@H](c3cc(NC(=O)Cc4cccc5ccccc45)n[nH]3)C2)c1. The zero-order valence-electron chi connectivity index (χ0n) is 18.9. The van der Waals surface area contributed by atoms with Crippen molar-refractivity contribution in [3.05, 3.63) is 89.6 Å². The minimum Gasteiger partial charge on any atom is -0.497 e. The summed E-state index contributed by atoms with van der Waals surface area (Å²) in [5.41, 5.74) is 2.54. The first-order chi connectivity index (χ1) is 16.6. The third kappa shape index (κ3) is 4.64. The van der Waals surface area contributed by atoms with E-state index in [0.29, 0.717) is 17.1 Å². The number of nitrogens with zero attached hydrogens (tertiary/aromatic N) is 1. The molecule has 1 saturated carbocycles. The number of fused-ring (bicyclic) bond motifs is 1. The largest absolute Gasteiger partial charge is 0.497 e. The lowest BCUT2D eigenvalue weighted by atomic mass is 9.78. The van der Waals surface area contributed by atoms with Crippen LogP contribution < -0.4 is 15.4 Å². The van der Waals surface area contributed by atoms with Crippen molar-refractivity contribution in [2.24, 2.45) is 0 Å². The molecule has 3 N–H and O–H groups in total. The van der Waals surface area contributed by atoms with Gasteiger partial charge in [-0.15, -0.1) is 0 Å². The van der Waals surface area contributed by atoms with Crippen molar-refractivity contribution < 1.29 is 14.3 Å². The van der Waals surface area contributed by atoms with E-state index >= 15 is 0 Å². The third-order valence-corrected chi connectivity index (χ3v) is 6.34. The Kier molecular flexibility index (Phi) is 5.99. The van der Waals surface area contributed by atoms with Gasteiger partial charge < -0.3 is 15.4 Å². The molecule has 1 aliphatic carbocycles. The van der Waals surface area contributed by atoms with Crippen molar-refractivity contribution in [3.63, 3.8) is 0 Å². The molecule has 1 aliphatic rings. The minimum absolute atomic E-state index is 0.103. The molecule has 0 spiro atoms. The molecule has 0 saturated heterocycles. The van der Waals surface area contributed by atoms with Crippen molar-refractivity contribution in [3.8, 4) is 5.75 Å². The van der Waals surface area contributed by atoms with E-state index in [1.54, 1.807) is 25.3 Å². The van der Waals surface area contributed by atoms with Gasteiger partial charge in [-0.2, -0.15) is 5.10 Å². The number of aromatic nitrogens is 2. The quantitative estimate of drug-likeness (QED) is 0.385. The van der Waals surface area contributed by atoms with E-state index in [4.69, 9.17) is 4.74 Å². The summed E-state index contributed by atoms with van der Waals surface area (Å²) >= 11 is 0. The summed E-state index contributed by atoms with van der Waals surface area (Å²) in [6.07, 6.45) is 1.92. The second kappa shape index (κ2) is 9.39. The summed E-state index contributed by atoms with van der Waals surface area (Å²) in [6.45, 7) is 0. The Morgan fingerprint density at radius 1 is 1.03 bits per heavy atom. The lowest BCUT2D eigenvalue weighted by Crippen LogP contribution is -2.43. The highest BCUT2D eigenvalue weighted by molar-refractivity contribution is 5.96. The smallest absolute Gasteiger partial charge is 0.251 e. The van der Waals surface area contributed by atoms with E-state index < -0.39 is 0 Å². The van der Waals surface area contributed by atoms with E-state index in [1.165, 1.54) is 0 Å². The average Bonchev–Trinajstić information content (AvgIpc) is 3.28. The first-order valence-corrected chi connectivity index (χ1v) is 11.4. The first-order valence-electron chi connectivity index (χ1n) is 11.4. The van der Waals surface area contributed by atoms with Gasteiger partial charge in [0.05, 0.1) is 13.5 Å². The fourth-order valence-corrected chi connectivity index (χ4v) is 4.44. The Bertz CT molecular complexity index is 1340. The number of hydrogen-bond acceptors (Lipinski definition) is 4. The first kappa shape index (κ1) is 21.7. The summed E-state index contributed by atoms with van der Waals surface area (Å²) < 4.78 is 5.19. The van der Waals surface area contributed by atoms with E-state index in [-0.39, 0.29) is 30.2 Å². The van der Waals surface area contributed by atoms with Crippen LogP contribution in [0.5, 0.6) is 5.75 Å². The number of rotatable bonds is 7. The molecule has 7 heteroatoms. The lowest BCUT2D eigenvalue weighted by Gasteiger charge is -2.35. The van der Waals surface area contributed by atoms with Crippen LogP contribution in [0.25, 0.3) is 10.8 Å². The van der Waals surface area contributed by atoms with Gasteiger partial charge in [0.2, 0.25) is 5.91 Å². The predicted octanol–water partition coefficient (Wildman–Crippen LogP) is 4.43. The van der Waals surface area contributed by atoms with Gasteiger partial charge in [-0.25, -0.2) is 0 Å². The monoisotopic (exact) mass is 454 g/mol. The molecule has 4 aromatic rings. The Morgan fingerprint density at radius 3 is 2.68 bits per heavy atom. The molecule has 5 rings (SSSR count). The standard InChI is InChI=1S/C27H26N4O3/c1-34-22-10-5-9-19(14-22)27(33)28-21-12-20(13-21)24-16-25(31-30-24)29-26(32)15-18-8-4-7-17-6-2-3-11-23(17)18/h2-11,14,16,20-21H,12-13,15H2,1H3,(H,28,33)(H2,29,30,31,32)/t20-,21+. The van der Waals surface area contributed by atoms with Crippen LogP contribution in [0, 0.1) is 0 Å². The van der Waals surface area contributed by atoms with Gasteiger partial charge in [0.1, 0.15) is 5.75 Å². The second-order valence-electron chi connectivity index (χ2n) is 8.64. The third-order valence-electron chi connectivity index (χ3n) is 6.34. The second-order valence-corrected chi connectivity index (χ2v) is 8.64. The predicted molar refractivity (Wildman–Crippen MR) is 131 cm³/mol. The van der Waals surface area contributed by atoms with E-state index in [0.717, 1.165) is 34.9 Å². The summed E-state index contributed by atoms with van der Waals surface area (Å²) in [5, 5.41) is 15.4. The lowest BCUT2D eigenvalue weighted by molar-refractivity contribution is -0.115. The van der Waals surface area contributed by atoms with Crippen molar-refractivity contribution in [1.82, 2.24) is 15.5 Å². The van der Waals surface area contributed by atoms with Gasteiger partial charge in [-0.05, 0) is 47.4 Å². The van der Waals surface area contributed by atoms with Crippen LogP contribution >= 0.6 is 0 Å². The average molecular weight is 455 g/mol. The molecule has 0 atom stereocenters. The highest BCUT2D eigenvalue weighted by atomic mass is 16.5. The molecule has 2 amide bonds. The number of benzene rings is 3. The number of methoxy groups -OCH3 is 1. The van der Waals surface area contributed by atoms with Crippen LogP contribution in [-0.4, -0.2) is 35.2 Å². The topological polar surface area (TPSA) is 96.1 Å². The van der Waals surface area contributed by atoms with E-state index in [2.05, 4.69) is 20.8 Å². The summed E-state index contributed by atoms with van der Waals surface area (Å²) in [7, 11) is 1.58. The molecule has 1 fully saturated rings. The highest BCUT2D eigenvalue weighted by Gasteiger charge is 2.33. The zero-order chi connectivity index (χ0) is 23.5. The van der Waals surface area contributed by atoms with Gasteiger partial charge in [-0.3, -0.25) is 14.7 Å². The normalized spacial score (nSPS) is 17.1. The molecule has 172 valence electrons. The number of hydrogen-bond donors (Lipinski definition) is 3. The van der Waals surface area contributed by atoms with Crippen molar-refractivity contribution in [2.45, 2.75) is 31.2 Å². The molecule has 0 radical (unpaired) electrons. The molecule has 0 aliphatic heterocycles. The van der Waals surface area contributed by atoms with Gasteiger partial charge in [0, 0.05) is 29.3 Å². The number of carbonyl (C=O) groups excluding carboxylic acids is 2. The van der Waals surface area contributed by atoms with Gasteiger partial charge in [-0.1, -0.05) is 48.5 Å². The number of H-pyrrole nitrogens is 1. The van der Waals surface area contributed by atoms with Crippen molar-refractivity contribution >= 4 is 28.4 Å².